The van der Waals surface area contributed by atoms with Gasteiger partial charge in [-0.1, -0.05) is 61.2 Å². The Labute approximate surface area is 189 Å². The van der Waals surface area contributed by atoms with E-state index in [2.05, 4.69) is 10.3 Å². The number of carbonyl (C=O) groups is 1. The van der Waals surface area contributed by atoms with Crippen LogP contribution in [0.2, 0.25) is 5.02 Å². The van der Waals surface area contributed by atoms with Crippen LogP contribution in [0.3, 0.4) is 0 Å². The van der Waals surface area contributed by atoms with Gasteiger partial charge in [0.15, 0.2) is 5.16 Å². The number of nitrogens with one attached hydrogen (secondary N) is 1. The van der Waals surface area contributed by atoms with Crippen LogP contribution in [0.5, 0.6) is 0 Å². The van der Waals surface area contributed by atoms with E-state index in [4.69, 9.17) is 11.6 Å². The van der Waals surface area contributed by atoms with Crippen LogP contribution in [0.4, 0.5) is 4.39 Å². The highest BCUT2D eigenvalue weighted by Crippen LogP contribution is 2.24. The van der Waals surface area contributed by atoms with Gasteiger partial charge < -0.3 is 5.32 Å². The van der Waals surface area contributed by atoms with Crippen molar-refractivity contribution in [2.24, 2.45) is 0 Å². The van der Waals surface area contributed by atoms with Crippen LogP contribution in [0.15, 0.2) is 52.4 Å². The average Bonchev–Trinajstić information content (AvgIpc) is 3.03. The molecule has 1 amide bonds. The summed E-state index contributed by atoms with van der Waals surface area (Å²) in [7, 11) is 0. The number of thioether (sulfide) groups is 1. The van der Waals surface area contributed by atoms with E-state index in [0.29, 0.717) is 21.7 Å². The summed E-state index contributed by atoms with van der Waals surface area (Å²) in [5, 5.41) is 3.83. The van der Waals surface area contributed by atoms with Gasteiger partial charge in [0.25, 0.3) is 5.56 Å². The van der Waals surface area contributed by atoms with E-state index in [9.17, 15) is 14.0 Å². The molecule has 1 aromatic heterocycles. The lowest BCUT2D eigenvalue weighted by molar-refractivity contribution is -0.119. The second-order valence-corrected chi connectivity index (χ2v) is 9.04. The molecule has 3 aromatic rings. The minimum atomic E-state index is -0.566. The quantitative estimate of drug-likeness (QED) is 0.327. The molecule has 4 rings (SSSR count). The molecule has 0 unspecified atom stereocenters. The Balaban J connectivity index is 1.63. The van der Waals surface area contributed by atoms with Gasteiger partial charge in [0.1, 0.15) is 5.82 Å². The molecule has 5 nitrogen and oxygen atoms in total. The zero-order valence-electron chi connectivity index (χ0n) is 16.9. The van der Waals surface area contributed by atoms with Gasteiger partial charge in [-0.15, -0.1) is 0 Å². The second kappa shape index (κ2) is 9.83. The third-order valence-electron chi connectivity index (χ3n) is 5.46. The summed E-state index contributed by atoms with van der Waals surface area (Å²) < 4.78 is 15.1. The summed E-state index contributed by atoms with van der Waals surface area (Å²) >= 11 is 7.14. The lowest BCUT2D eigenvalue weighted by Crippen LogP contribution is -2.35. The molecule has 1 aliphatic carbocycles. The van der Waals surface area contributed by atoms with Crippen molar-refractivity contribution in [1.29, 1.82) is 0 Å². The van der Waals surface area contributed by atoms with E-state index < -0.39 is 5.82 Å². The van der Waals surface area contributed by atoms with Gasteiger partial charge >= 0.3 is 0 Å². The second-order valence-electron chi connectivity index (χ2n) is 7.70. The smallest absolute Gasteiger partial charge is 0.266 e. The summed E-state index contributed by atoms with van der Waals surface area (Å²) in [6.45, 7) is 0. The third kappa shape index (κ3) is 5.10. The first-order valence-electron chi connectivity index (χ1n) is 10.4. The number of para-hydroxylation sites is 1. The van der Waals surface area contributed by atoms with E-state index in [1.165, 1.54) is 47.4 Å². The maximum absolute atomic E-state index is 13.7. The fourth-order valence-electron chi connectivity index (χ4n) is 3.88. The molecule has 0 bridgehead atoms. The number of hydrogen-bond donors (Lipinski definition) is 1. The first kappa shape index (κ1) is 21.8. The summed E-state index contributed by atoms with van der Waals surface area (Å²) in [5.74, 6) is -0.511. The number of carbonyl (C=O) groups excluding carboxylic acids is 1. The van der Waals surface area contributed by atoms with Crippen molar-refractivity contribution in [2.45, 2.75) is 49.7 Å². The predicted molar refractivity (Wildman–Crippen MR) is 123 cm³/mol. The summed E-state index contributed by atoms with van der Waals surface area (Å²) in [6.07, 6.45) is 6.71. The summed E-state index contributed by atoms with van der Waals surface area (Å²) in [5.41, 5.74) is 0.657. The van der Waals surface area contributed by atoms with Crippen LogP contribution >= 0.6 is 23.4 Å². The molecule has 1 aliphatic rings. The molecule has 1 fully saturated rings. The van der Waals surface area contributed by atoms with Crippen LogP contribution in [0.1, 0.15) is 38.5 Å². The molecule has 1 saturated carbocycles. The molecule has 2 aromatic carbocycles. The molecule has 0 spiro atoms. The minimum absolute atomic E-state index is 0.0806. The SMILES string of the molecule is O=C(CSc1nc2ccccc2c(=O)n1-c1ccc(F)c(Cl)c1)NC1CCCCCC1. The van der Waals surface area contributed by atoms with Crippen molar-refractivity contribution in [3.63, 3.8) is 0 Å². The Morgan fingerprint density at radius 2 is 1.90 bits per heavy atom. The molecular formula is C23H23ClFN3O2S. The number of fused-ring (bicyclic) bond motifs is 1. The zero-order chi connectivity index (χ0) is 21.8. The van der Waals surface area contributed by atoms with E-state index in [1.54, 1.807) is 24.3 Å². The highest BCUT2D eigenvalue weighted by molar-refractivity contribution is 7.99. The number of nitrogens with zero attached hydrogens (tertiary/aromatic N) is 2. The molecular weight excluding hydrogens is 437 g/mol. The van der Waals surface area contributed by atoms with Crippen molar-refractivity contribution in [2.75, 3.05) is 5.75 Å². The van der Waals surface area contributed by atoms with Gasteiger partial charge in [-0.25, -0.2) is 9.37 Å². The predicted octanol–water partition coefficient (Wildman–Crippen LogP) is 5.11. The average molecular weight is 460 g/mol. The van der Waals surface area contributed by atoms with Gasteiger partial charge in [0, 0.05) is 6.04 Å². The third-order valence-corrected chi connectivity index (χ3v) is 6.69. The molecule has 31 heavy (non-hydrogen) atoms. The van der Waals surface area contributed by atoms with Crippen molar-refractivity contribution >= 4 is 40.2 Å². The number of amides is 1. The van der Waals surface area contributed by atoms with Crippen molar-refractivity contribution < 1.29 is 9.18 Å². The maximum atomic E-state index is 13.7. The number of hydrogen-bond acceptors (Lipinski definition) is 4. The number of halogens is 2. The van der Waals surface area contributed by atoms with Crippen LogP contribution in [0.25, 0.3) is 16.6 Å². The van der Waals surface area contributed by atoms with E-state index in [1.807, 2.05) is 0 Å². The van der Waals surface area contributed by atoms with Gasteiger partial charge in [-0.2, -0.15) is 0 Å². The molecule has 8 heteroatoms. The zero-order valence-corrected chi connectivity index (χ0v) is 18.5. The molecule has 1 heterocycles. The number of benzene rings is 2. The Kier molecular flexibility index (Phi) is 6.92. The molecule has 162 valence electrons. The van der Waals surface area contributed by atoms with Crippen molar-refractivity contribution in [3.8, 4) is 5.69 Å². The monoisotopic (exact) mass is 459 g/mol. The van der Waals surface area contributed by atoms with E-state index >= 15 is 0 Å². The van der Waals surface area contributed by atoms with Gasteiger partial charge in [-0.05, 0) is 43.2 Å². The topological polar surface area (TPSA) is 64.0 Å². The fraction of sp³-hybridized carbons (Fsp3) is 0.348. The number of aromatic nitrogens is 2. The number of rotatable bonds is 5. The lowest BCUT2D eigenvalue weighted by atomic mass is 10.1. The summed E-state index contributed by atoms with van der Waals surface area (Å²) in [6, 6.07) is 11.3. The van der Waals surface area contributed by atoms with E-state index in [0.717, 1.165) is 25.7 Å². The minimum Gasteiger partial charge on any atom is -0.353 e. The van der Waals surface area contributed by atoms with Gasteiger partial charge in [0.05, 0.1) is 27.4 Å². The van der Waals surface area contributed by atoms with Crippen LogP contribution in [-0.4, -0.2) is 27.3 Å². The molecule has 0 saturated heterocycles. The largest absolute Gasteiger partial charge is 0.353 e. The first-order valence-corrected chi connectivity index (χ1v) is 11.8. The molecule has 0 atom stereocenters. The highest BCUT2D eigenvalue weighted by Gasteiger charge is 2.18. The molecule has 0 aliphatic heterocycles. The Hall–Kier alpha value is -2.38. The van der Waals surface area contributed by atoms with Crippen LogP contribution < -0.4 is 10.9 Å². The normalized spacial score (nSPS) is 15.0. The van der Waals surface area contributed by atoms with Gasteiger partial charge in [-0.3, -0.25) is 14.2 Å². The van der Waals surface area contributed by atoms with Crippen molar-refractivity contribution in [1.82, 2.24) is 14.9 Å². The molecule has 1 N–H and O–H groups in total. The molecule has 0 radical (unpaired) electrons. The van der Waals surface area contributed by atoms with E-state index in [-0.39, 0.29) is 28.3 Å². The lowest BCUT2D eigenvalue weighted by Gasteiger charge is -2.17. The summed E-state index contributed by atoms with van der Waals surface area (Å²) in [4.78, 5) is 30.4. The fourth-order valence-corrected chi connectivity index (χ4v) is 4.88. The first-order chi connectivity index (χ1) is 15.0. The van der Waals surface area contributed by atoms with Crippen LogP contribution in [0, 0.1) is 5.82 Å². The maximum Gasteiger partial charge on any atom is 0.266 e. The Bertz CT molecular complexity index is 1160. The van der Waals surface area contributed by atoms with Crippen LogP contribution in [-0.2, 0) is 4.79 Å². The highest BCUT2D eigenvalue weighted by atomic mass is 35.5. The standard InChI is InChI=1S/C23H23ClFN3O2S/c24-18-13-16(11-12-19(18)25)28-22(30)17-9-5-6-10-20(17)27-23(28)31-14-21(29)26-15-7-3-1-2-4-8-15/h5-6,9-13,15H,1-4,7-8,14H2,(H,26,29). The Morgan fingerprint density at radius 1 is 1.16 bits per heavy atom. The Morgan fingerprint density at radius 3 is 2.65 bits per heavy atom. The van der Waals surface area contributed by atoms with Crippen molar-refractivity contribution in [3.05, 3.63) is 63.7 Å². The van der Waals surface area contributed by atoms with Gasteiger partial charge in [0.2, 0.25) is 5.91 Å².